The minimum Gasteiger partial charge on any atom is -0.456 e. The molecule has 0 fully saturated rings. The Kier molecular flexibility index (Phi) is 6.35. The van der Waals surface area contributed by atoms with Crippen molar-refractivity contribution in [3.05, 3.63) is 146 Å². The second kappa shape index (κ2) is 11.1. The molecule has 0 saturated carbocycles. The summed E-state index contributed by atoms with van der Waals surface area (Å²) in [5, 5.41) is 9.52. The number of hydrogen-bond acceptors (Lipinski definition) is 4. The minimum atomic E-state index is -0.116. The van der Waals surface area contributed by atoms with E-state index in [9.17, 15) is 0 Å². The molecule has 11 rings (SSSR count). The van der Waals surface area contributed by atoms with E-state index in [1.165, 1.54) is 52.8 Å². The van der Waals surface area contributed by atoms with Crippen LogP contribution >= 0.6 is 11.3 Å². The molecule has 0 spiro atoms. The number of para-hydroxylation sites is 1. The molecule has 0 aliphatic heterocycles. The summed E-state index contributed by atoms with van der Waals surface area (Å²) in [6.45, 7) is 6.82. The van der Waals surface area contributed by atoms with Crippen molar-refractivity contribution in [1.29, 1.82) is 0 Å². The summed E-state index contributed by atoms with van der Waals surface area (Å²) in [6.07, 6.45) is 0. The molecular weight excluding hydrogens is 667 g/mol. The Hall–Kier alpha value is -6.30. The Morgan fingerprint density at radius 2 is 1.25 bits per heavy atom. The predicted octanol–water partition coefficient (Wildman–Crippen LogP) is 13.8. The summed E-state index contributed by atoms with van der Waals surface area (Å²) < 4.78 is 11.5. The Labute approximate surface area is 309 Å². The zero-order valence-electron chi connectivity index (χ0n) is 29.5. The number of aromatic nitrogens is 3. The maximum atomic E-state index is 6.48. The van der Waals surface area contributed by atoms with Gasteiger partial charge in [0.1, 0.15) is 11.2 Å². The van der Waals surface area contributed by atoms with Crippen LogP contribution in [0.1, 0.15) is 20.8 Å². The molecule has 252 valence electrons. The van der Waals surface area contributed by atoms with Gasteiger partial charge in [0.15, 0.2) is 5.82 Å². The third-order valence-corrected chi connectivity index (χ3v) is 11.8. The van der Waals surface area contributed by atoms with Crippen molar-refractivity contribution in [2.24, 2.45) is 0 Å². The van der Waals surface area contributed by atoms with Gasteiger partial charge in [0.2, 0.25) is 0 Å². The first-order valence-corrected chi connectivity index (χ1v) is 18.9. The van der Waals surface area contributed by atoms with Gasteiger partial charge in [-0.15, -0.1) is 11.3 Å². The molecule has 4 nitrogen and oxygen atoms in total. The van der Waals surface area contributed by atoms with E-state index in [0.29, 0.717) is 5.82 Å². The molecule has 0 unspecified atom stereocenters. The Bertz CT molecular complexity index is 3280. The van der Waals surface area contributed by atoms with Crippen molar-refractivity contribution in [2.75, 3.05) is 0 Å². The van der Waals surface area contributed by atoms with Gasteiger partial charge in [-0.05, 0) is 92.2 Å². The van der Waals surface area contributed by atoms with Crippen molar-refractivity contribution in [1.82, 2.24) is 14.5 Å². The zero-order chi connectivity index (χ0) is 35.4. The number of furan rings is 1. The fourth-order valence-electron chi connectivity index (χ4n) is 8.39. The molecule has 4 heterocycles. The maximum Gasteiger partial charge on any atom is 0.160 e. The third kappa shape index (κ3) is 4.60. The highest BCUT2D eigenvalue weighted by molar-refractivity contribution is 7.26. The second-order valence-electron chi connectivity index (χ2n) is 15.0. The van der Waals surface area contributed by atoms with Gasteiger partial charge in [0.25, 0.3) is 0 Å². The first kappa shape index (κ1) is 30.3. The number of hydrogen-bond donors (Lipinski definition) is 0. The van der Waals surface area contributed by atoms with Crippen LogP contribution in [0.4, 0.5) is 0 Å². The van der Waals surface area contributed by atoms with E-state index < -0.39 is 0 Å². The number of rotatable bonds is 3. The molecule has 53 heavy (non-hydrogen) atoms. The topological polar surface area (TPSA) is 43.9 Å². The molecule has 0 amide bonds. The highest BCUT2D eigenvalue weighted by atomic mass is 32.1. The molecule has 0 aliphatic carbocycles. The number of thiophene rings is 1. The van der Waals surface area contributed by atoms with Crippen LogP contribution in [0.3, 0.4) is 0 Å². The average molecular weight is 700 g/mol. The van der Waals surface area contributed by atoms with Crippen LogP contribution < -0.4 is 0 Å². The molecule has 0 atom stereocenters. The average Bonchev–Trinajstić information content (AvgIpc) is 3.86. The Morgan fingerprint density at radius 1 is 0.509 bits per heavy atom. The summed E-state index contributed by atoms with van der Waals surface area (Å²) in [4.78, 5) is 10.7. The number of fused-ring (bicyclic) bond motifs is 11. The molecule has 5 heteroatoms. The van der Waals surface area contributed by atoms with Gasteiger partial charge in [-0.25, -0.2) is 9.97 Å². The zero-order valence-corrected chi connectivity index (χ0v) is 30.3. The van der Waals surface area contributed by atoms with Gasteiger partial charge in [-0.3, -0.25) is 0 Å². The first-order valence-electron chi connectivity index (χ1n) is 18.1. The second-order valence-corrected chi connectivity index (χ2v) is 16.1. The SMILES string of the molecule is CC(C)(C)n1c2ccccc2c2c(-c3cc(-c4ccc5ccccc5c4)nc(-c4ccc5oc6ccc7sc8ccccc8c7c6c5c4)n3)cccc21. The van der Waals surface area contributed by atoms with Crippen molar-refractivity contribution in [2.45, 2.75) is 26.3 Å². The highest BCUT2D eigenvalue weighted by Crippen LogP contribution is 2.44. The monoisotopic (exact) mass is 699 g/mol. The lowest BCUT2D eigenvalue weighted by molar-refractivity contribution is 0.423. The molecule has 7 aromatic carbocycles. The lowest BCUT2D eigenvalue weighted by atomic mass is 10.00. The lowest BCUT2D eigenvalue weighted by Gasteiger charge is -2.24. The van der Waals surface area contributed by atoms with Crippen LogP contribution in [0.5, 0.6) is 0 Å². The van der Waals surface area contributed by atoms with Gasteiger partial charge in [0.05, 0.1) is 16.9 Å². The van der Waals surface area contributed by atoms with Crippen LogP contribution in [-0.4, -0.2) is 14.5 Å². The molecule has 11 aromatic rings. The molecular formula is C48H33N3OS. The Morgan fingerprint density at radius 3 is 2.13 bits per heavy atom. The maximum absolute atomic E-state index is 6.48. The smallest absolute Gasteiger partial charge is 0.160 e. The normalized spacial score (nSPS) is 12.4. The molecule has 4 aromatic heterocycles. The van der Waals surface area contributed by atoms with E-state index in [1.807, 2.05) is 11.3 Å². The summed E-state index contributed by atoms with van der Waals surface area (Å²) in [6, 6.07) is 51.9. The first-order chi connectivity index (χ1) is 25.9. The summed E-state index contributed by atoms with van der Waals surface area (Å²) in [5.74, 6) is 0.681. The van der Waals surface area contributed by atoms with E-state index >= 15 is 0 Å². The highest BCUT2D eigenvalue weighted by Gasteiger charge is 2.24. The number of benzene rings is 7. The van der Waals surface area contributed by atoms with Crippen molar-refractivity contribution >= 4 is 86.0 Å². The van der Waals surface area contributed by atoms with Gasteiger partial charge in [-0.1, -0.05) is 84.9 Å². The molecule has 0 bridgehead atoms. The van der Waals surface area contributed by atoms with Gasteiger partial charge < -0.3 is 8.98 Å². The van der Waals surface area contributed by atoms with E-state index in [0.717, 1.165) is 50.0 Å². The van der Waals surface area contributed by atoms with Crippen LogP contribution in [0.25, 0.3) is 109 Å². The fourth-order valence-corrected chi connectivity index (χ4v) is 9.50. The molecule has 0 aliphatic rings. The van der Waals surface area contributed by atoms with Crippen LogP contribution in [0, 0.1) is 0 Å². The van der Waals surface area contributed by atoms with E-state index in [2.05, 4.69) is 171 Å². The number of nitrogens with zero attached hydrogens (tertiary/aromatic N) is 3. The molecule has 0 saturated heterocycles. The Balaban J connectivity index is 1.20. The van der Waals surface area contributed by atoms with Crippen LogP contribution in [-0.2, 0) is 5.54 Å². The molecule has 0 N–H and O–H groups in total. The van der Waals surface area contributed by atoms with E-state index in [4.69, 9.17) is 14.4 Å². The van der Waals surface area contributed by atoms with E-state index in [1.54, 1.807) is 0 Å². The largest absolute Gasteiger partial charge is 0.456 e. The summed E-state index contributed by atoms with van der Waals surface area (Å²) >= 11 is 1.83. The van der Waals surface area contributed by atoms with Gasteiger partial charge >= 0.3 is 0 Å². The van der Waals surface area contributed by atoms with Gasteiger partial charge in [0, 0.05) is 69.5 Å². The minimum absolute atomic E-state index is 0.116. The van der Waals surface area contributed by atoms with Crippen LogP contribution in [0.2, 0.25) is 0 Å². The predicted molar refractivity (Wildman–Crippen MR) is 224 cm³/mol. The third-order valence-electron chi connectivity index (χ3n) is 10.6. The van der Waals surface area contributed by atoms with Crippen LogP contribution in [0.15, 0.2) is 150 Å². The fraction of sp³-hybridized carbons (Fsp3) is 0.0833. The standard InChI is InChI=1S/C48H33N3OS/c1-48(2,3)51-38-16-8-6-13-33(38)44-32(15-10-17-39(44)51)37-27-36(30-20-19-28-11-4-5-12-29(28)25-30)49-47(50-37)31-21-22-40-35(26-31)45-41(52-40)23-24-43-46(45)34-14-7-9-18-42(34)53-43/h4-27H,1-3H3. The van der Waals surface area contributed by atoms with Crippen molar-refractivity contribution < 1.29 is 4.42 Å². The lowest BCUT2D eigenvalue weighted by Crippen LogP contribution is -2.21. The quantitative estimate of drug-likeness (QED) is 0.184. The molecule has 0 radical (unpaired) electrons. The van der Waals surface area contributed by atoms with Gasteiger partial charge in [-0.2, -0.15) is 0 Å². The summed E-state index contributed by atoms with van der Waals surface area (Å²) in [7, 11) is 0. The van der Waals surface area contributed by atoms with E-state index in [-0.39, 0.29) is 5.54 Å². The van der Waals surface area contributed by atoms with Crippen molar-refractivity contribution in [3.63, 3.8) is 0 Å². The summed E-state index contributed by atoms with van der Waals surface area (Å²) in [5.41, 5.74) is 8.92. The van der Waals surface area contributed by atoms with Crippen molar-refractivity contribution in [3.8, 4) is 33.9 Å².